The van der Waals surface area contributed by atoms with Gasteiger partial charge >= 0.3 is 0 Å². The molecule has 0 aliphatic carbocycles. The molecule has 0 aliphatic heterocycles. The summed E-state index contributed by atoms with van der Waals surface area (Å²) in [6, 6.07) is 3.50. The fourth-order valence-corrected chi connectivity index (χ4v) is 8.00. The van der Waals surface area contributed by atoms with Crippen LogP contribution in [0.3, 0.4) is 0 Å². The average molecular weight is 391 g/mol. The van der Waals surface area contributed by atoms with Crippen LogP contribution < -0.4 is 0 Å². The van der Waals surface area contributed by atoms with E-state index in [-0.39, 0.29) is 5.97 Å². The number of halogens is 1. The van der Waals surface area contributed by atoms with E-state index in [1.165, 1.54) is 95.2 Å². The van der Waals surface area contributed by atoms with Crippen molar-refractivity contribution in [3.63, 3.8) is 0 Å². The molecule has 0 saturated carbocycles. The van der Waals surface area contributed by atoms with Gasteiger partial charge in [0.1, 0.15) is 0 Å². The minimum atomic E-state index is -1.95. The van der Waals surface area contributed by atoms with Crippen LogP contribution in [0.2, 0.25) is 18.1 Å². The Morgan fingerprint density at radius 1 is 0.720 bits per heavy atom. The normalized spacial score (nSPS) is 11.7. The van der Waals surface area contributed by atoms with Gasteiger partial charge in [0.25, 0.3) is 14.3 Å². The number of alkyl halides is 1. The Labute approximate surface area is 163 Å². The van der Waals surface area contributed by atoms with Crippen LogP contribution in [0.25, 0.3) is 0 Å². The SMILES string of the molecule is CCCCCC[Si](CCCCCC)(CCCCCC)OC(=O)CCCl. The fourth-order valence-electron chi connectivity index (χ4n) is 3.52. The molecule has 4 heteroatoms. The zero-order valence-electron chi connectivity index (χ0n) is 17.2. The predicted octanol–water partition coefficient (Wildman–Crippen LogP) is 7.84. The lowest BCUT2D eigenvalue weighted by Gasteiger charge is -2.32. The maximum Gasteiger partial charge on any atom is 0.293 e. The van der Waals surface area contributed by atoms with E-state index in [9.17, 15) is 4.79 Å². The molecular weight excluding hydrogens is 348 g/mol. The lowest BCUT2D eigenvalue weighted by atomic mass is 10.2. The maximum atomic E-state index is 12.3. The van der Waals surface area contributed by atoms with Gasteiger partial charge in [0.05, 0.1) is 6.42 Å². The van der Waals surface area contributed by atoms with Gasteiger partial charge in [-0.2, -0.15) is 0 Å². The molecule has 0 unspecified atom stereocenters. The van der Waals surface area contributed by atoms with E-state index < -0.39 is 8.32 Å². The summed E-state index contributed by atoms with van der Waals surface area (Å²) >= 11 is 5.78. The molecule has 0 fully saturated rings. The highest BCUT2D eigenvalue weighted by atomic mass is 35.5. The highest BCUT2D eigenvalue weighted by molar-refractivity contribution is 6.75. The minimum absolute atomic E-state index is 0.0388. The Balaban J connectivity index is 4.82. The first-order valence-electron chi connectivity index (χ1n) is 10.9. The second-order valence-corrected chi connectivity index (χ2v) is 12.0. The molecule has 0 bridgehead atoms. The molecule has 0 aromatic heterocycles. The van der Waals surface area contributed by atoms with Crippen LogP contribution in [0.15, 0.2) is 0 Å². The predicted molar refractivity (Wildman–Crippen MR) is 114 cm³/mol. The number of rotatable bonds is 18. The second-order valence-electron chi connectivity index (χ2n) is 7.53. The van der Waals surface area contributed by atoms with Crippen LogP contribution in [0, 0.1) is 0 Å². The smallest absolute Gasteiger partial charge is 0.293 e. The summed E-state index contributed by atoms with van der Waals surface area (Å²) in [5, 5.41) is 0. The van der Waals surface area contributed by atoms with E-state index in [1.807, 2.05) is 0 Å². The molecule has 0 saturated heterocycles. The molecule has 0 amide bonds. The van der Waals surface area contributed by atoms with Crippen molar-refractivity contribution in [3.05, 3.63) is 0 Å². The van der Waals surface area contributed by atoms with Crippen molar-refractivity contribution >= 4 is 25.9 Å². The van der Waals surface area contributed by atoms with Crippen molar-refractivity contribution in [3.8, 4) is 0 Å². The zero-order valence-corrected chi connectivity index (χ0v) is 19.0. The van der Waals surface area contributed by atoms with Crippen LogP contribution in [-0.4, -0.2) is 20.2 Å². The van der Waals surface area contributed by atoms with Crippen LogP contribution in [0.5, 0.6) is 0 Å². The molecule has 150 valence electrons. The molecule has 0 spiro atoms. The van der Waals surface area contributed by atoms with Crippen LogP contribution >= 0.6 is 11.6 Å². The largest absolute Gasteiger partial charge is 0.519 e. The third-order valence-electron chi connectivity index (χ3n) is 5.09. The van der Waals surface area contributed by atoms with Crippen molar-refractivity contribution in [2.45, 2.75) is 122 Å². The monoisotopic (exact) mass is 390 g/mol. The maximum absolute atomic E-state index is 12.3. The Morgan fingerprint density at radius 2 is 1.12 bits per heavy atom. The highest BCUT2D eigenvalue weighted by Crippen LogP contribution is 2.31. The summed E-state index contributed by atoms with van der Waals surface area (Å²) in [5.74, 6) is 0.341. The highest BCUT2D eigenvalue weighted by Gasteiger charge is 2.36. The summed E-state index contributed by atoms with van der Waals surface area (Å²) in [7, 11) is -1.95. The van der Waals surface area contributed by atoms with E-state index in [1.54, 1.807) is 0 Å². The van der Waals surface area contributed by atoms with Gasteiger partial charge in [-0.05, 0) is 18.1 Å². The Bertz CT molecular complexity index is 279. The Kier molecular flexibility index (Phi) is 17.4. The number of unbranched alkanes of at least 4 members (excludes halogenated alkanes) is 9. The van der Waals surface area contributed by atoms with Crippen molar-refractivity contribution in [1.29, 1.82) is 0 Å². The lowest BCUT2D eigenvalue weighted by molar-refractivity contribution is -0.134. The van der Waals surface area contributed by atoms with Gasteiger partial charge in [-0.1, -0.05) is 97.8 Å². The summed E-state index contributed by atoms with van der Waals surface area (Å²) < 4.78 is 6.23. The Hall–Kier alpha value is -0.0231. The Morgan fingerprint density at radius 3 is 1.44 bits per heavy atom. The molecule has 0 radical (unpaired) electrons. The molecule has 0 heterocycles. The molecule has 2 nitrogen and oxygen atoms in total. The van der Waals surface area contributed by atoms with E-state index in [0.29, 0.717) is 12.3 Å². The first kappa shape index (κ1) is 25.0. The number of hydrogen-bond acceptors (Lipinski definition) is 2. The molecule has 0 N–H and O–H groups in total. The number of carbonyl (C=O) groups excluding carboxylic acids is 1. The minimum Gasteiger partial charge on any atom is -0.519 e. The van der Waals surface area contributed by atoms with Gasteiger partial charge in [-0.3, -0.25) is 4.79 Å². The summed E-state index contributed by atoms with van der Waals surface area (Å²) in [4.78, 5) is 12.3. The van der Waals surface area contributed by atoms with E-state index in [4.69, 9.17) is 16.0 Å². The summed E-state index contributed by atoms with van der Waals surface area (Å²) in [6.45, 7) is 6.75. The third-order valence-corrected chi connectivity index (χ3v) is 9.73. The average Bonchev–Trinajstić information content (AvgIpc) is 2.60. The van der Waals surface area contributed by atoms with Crippen LogP contribution in [-0.2, 0) is 9.22 Å². The third kappa shape index (κ3) is 13.8. The van der Waals surface area contributed by atoms with Gasteiger partial charge in [0.2, 0.25) is 0 Å². The zero-order chi connectivity index (χ0) is 18.8. The van der Waals surface area contributed by atoms with Gasteiger partial charge in [-0.15, -0.1) is 11.6 Å². The quantitative estimate of drug-likeness (QED) is 0.135. The standard InChI is InChI=1S/C21H43ClO2Si/c1-4-7-10-13-18-25(19-14-11-8-5-2,20-15-12-9-6-3)24-21(23)16-17-22/h4-20H2,1-3H3. The molecule has 0 aromatic carbocycles. The fraction of sp³-hybridized carbons (Fsp3) is 0.952. The van der Waals surface area contributed by atoms with Crippen LogP contribution in [0.4, 0.5) is 0 Å². The number of hydrogen-bond donors (Lipinski definition) is 0. The lowest BCUT2D eigenvalue weighted by Crippen LogP contribution is -2.40. The van der Waals surface area contributed by atoms with Crippen LogP contribution in [0.1, 0.15) is 104 Å². The molecule has 0 aliphatic rings. The first-order valence-corrected chi connectivity index (χ1v) is 14.0. The molecular formula is C21H43ClO2Si. The van der Waals surface area contributed by atoms with E-state index in [0.717, 1.165) is 0 Å². The van der Waals surface area contributed by atoms with Crippen molar-refractivity contribution in [2.24, 2.45) is 0 Å². The van der Waals surface area contributed by atoms with Gasteiger partial charge in [0.15, 0.2) is 0 Å². The van der Waals surface area contributed by atoms with E-state index >= 15 is 0 Å². The summed E-state index contributed by atoms with van der Waals surface area (Å²) in [5.41, 5.74) is 0. The van der Waals surface area contributed by atoms with Crippen molar-refractivity contribution in [1.82, 2.24) is 0 Å². The van der Waals surface area contributed by atoms with E-state index in [2.05, 4.69) is 20.8 Å². The van der Waals surface area contributed by atoms with Crippen molar-refractivity contribution in [2.75, 3.05) is 5.88 Å². The molecule has 0 rings (SSSR count). The summed E-state index contributed by atoms with van der Waals surface area (Å²) in [6.07, 6.45) is 15.6. The van der Waals surface area contributed by atoms with Crippen molar-refractivity contribution < 1.29 is 9.22 Å². The number of carbonyl (C=O) groups is 1. The second kappa shape index (κ2) is 17.4. The van der Waals surface area contributed by atoms with Gasteiger partial charge < -0.3 is 4.43 Å². The first-order chi connectivity index (χ1) is 12.1. The molecule has 0 atom stereocenters. The molecule has 0 aromatic rings. The van der Waals surface area contributed by atoms with Gasteiger partial charge in [-0.25, -0.2) is 0 Å². The van der Waals surface area contributed by atoms with Gasteiger partial charge in [0, 0.05) is 5.88 Å². The molecule has 25 heavy (non-hydrogen) atoms. The topological polar surface area (TPSA) is 26.3 Å².